The van der Waals surface area contributed by atoms with Gasteiger partial charge in [0.15, 0.2) is 0 Å². The van der Waals surface area contributed by atoms with Crippen LogP contribution in [0.2, 0.25) is 5.02 Å². The SMILES string of the molecule is CCC(=O)N(Cc1ccccc1Cl)[C@@H](Cc1ccccc1)C(=O)N[C@@H](C)CC. The first-order valence-corrected chi connectivity index (χ1v) is 10.2. The van der Waals surface area contributed by atoms with Gasteiger partial charge in [0.1, 0.15) is 6.04 Å². The average Bonchev–Trinajstić information content (AvgIpc) is 2.71. The van der Waals surface area contributed by atoms with Crippen LogP contribution in [0.4, 0.5) is 0 Å². The Morgan fingerprint density at radius 2 is 1.68 bits per heavy atom. The van der Waals surface area contributed by atoms with Crippen molar-refractivity contribution in [3.05, 3.63) is 70.7 Å². The van der Waals surface area contributed by atoms with Gasteiger partial charge in [-0.2, -0.15) is 0 Å². The highest BCUT2D eigenvalue weighted by molar-refractivity contribution is 6.31. The molecule has 0 radical (unpaired) electrons. The zero-order valence-electron chi connectivity index (χ0n) is 16.8. The maximum absolute atomic E-state index is 13.1. The normalized spacial score (nSPS) is 12.9. The van der Waals surface area contributed by atoms with E-state index in [9.17, 15) is 9.59 Å². The molecule has 2 atom stereocenters. The van der Waals surface area contributed by atoms with Crippen molar-refractivity contribution in [2.45, 2.75) is 58.7 Å². The van der Waals surface area contributed by atoms with Gasteiger partial charge in [0.2, 0.25) is 11.8 Å². The molecule has 0 bridgehead atoms. The fourth-order valence-electron chi connectivity index (χ4n) is 3.01. The van der Waals surface area contributed by atoms with E-state index in [1.807, 2.05) is 69.3 Å². The Balaban J connectivity index is 2.37. The van der Waals surface area contributed by atoms with Crippen molar-refractivity contribution in [1.82, 2.24) is 10.2 Å². The topological polar surface area (TPSA) is 49.4 Å². The highest BCUT2D eigenvalue weighted by Gasteiger charge is 2.30. The molecule has 0 unspecified atom stereocenters. The predicted octanol–water partition coefficient (Wildman–Crippen LogP) is 4.60. The molecule has 0 aromatic heterocycles. The van der Waals surface area contributed by atoms with E-state index in [0.29, 0.717) is 24.4 Å². The van der Waals surface area contributed by atoms with Crippen molar-refractivity contribution in [3.63, 3.8) is 0 Å². The minimum absolute atomic E-state index is 0.0460. The lowest BCUT2D eigenvalue weighted by Crippen LogP contribution is -2.52. The van der Waals surface area contributed by atoms with Gasteiger partial charge in [-0.3, -0.25) is 9.59 Å². The summed E-state index contributed by atoms with van der Waals surface area (Å²) in [6.07, 6.45) is 1.61. The van der Waals surface area contributed by atoms with Gasteiger partial charge in [0.05, 0.1) is 0 Å². The number of halogens is 1. The van der Waals surface area contributed by atoms with Crippen LogP contribution in [0.3, 0.4) is 0 Å². The van der Waals surface area contributed by atoms with Gasteiger partial charge >= 0.3 is 0 Å². The second-order valence-corrected chi connectivity index (χ2v) is 7.40. The van der Waals surface area contributed by atoms with E-state index < -0.39 is 6.04 Å². The van der Waals surface area contributed by atoms with Crippen molar-refractivity contribution in [1.29, 1.82) is 0 Å². The molecule has 0 heterocycles. The molecule has 2 aromatic rings. The lowest BCUT2D eigenvalue weighted by molar-refractivity contribution is -0.141. The van der Waals surface area contributed by atoms with Crippen LogP contribution in [0.1, 0.15) is 44.7 Å². The monoisotopic (exact) mass is 400 g/mol. The smallest absolute Gasteiger partial charge is 0.243 e. The quantitative estimate of drug-likeness (QED) is 0.668. The Bertz CT molecular complexity index is 779. The molecule has 2 aromatic carbocycles. The van der Waals surface area contributed by atoms with Crippen molar-refractivity contribution in [3.8, 4) is 0 Å². The van der Waals surface area contributed by atoms with E-state index in [-0.39, 0.29) is 17.9 Å². The number of nitrogens with zero attached hydrogens (tertiary/aromatic N) is 1. The summed E-state index contributed by atoms with van der Waals surface area (Å²) in [5.41, 5.74) is 1.85. The summed E-state index contributed by atoms with van der Waals surface area (Å²) in [7, 11) is 0. The molecule has 5 heteroatoms. The first kappa shape index (κ1) is 22.0. The summed E-state index contributed by atoms with van der Waals surface area (Å²) in [6, 6.07) is 16.7. The summed E-state index contributed by atoms with van der Waals surface area (Å²) < 4.78 is 0. The molecule has 0 aliphatic rings. The standard InChI is InChI=1S/C23H29ClN2O2/c1-4-17(3)25-23(28)21(15-18-11-7-6-8-12-18)26(22(27)5-2)16-19-13-9-10-14-20(19)24/h6-14,17,21H,4-5,15-16H2,1-3H3,(H,25,28)/t17-,21-/m0/s1. The number of carbonyl (C=O) groups excluding carboxylic acids is 2. The molecular weight excluding hydrogens is 372 g/mol. The van der Waals surface area contributed by atoms with Gasteiger partial charge in [-0.15, -0.1) is 0 Å². The molecule has 4 nitrogen and oxygen atoms in total. The van der Waals surface area contributed by atoms with Gasteiger partial charge in [-0.05, 0) is 30.5 Å². The Kier molecular flexibility index (Phi) is 8.52. The molecule has 0 spiro atoms. The average molecular weight is 401 g/mol. The van der Waals surface area contributed by atoms with Gasteiger partial charge in [0, 0.05) is 30.5 Å². The highest BCUT2D eigenvalue weighted by atomic mass is 35.5. The minimum atomic E-state index is -0.597. The van der Waals surface area contributed by atoms with Crippen molar-refractivity contribution in [2.75, 3.05) is 0 Å². The first-order valence-electron chi connectivity index (χ1n) is 9.83. The number of hydrogen-bond donors (Lipinski definition) is 1. The maximum Gasteiger partial charge on any atom is 0.243 e. The van der Waals surface area contributed by atoms with E-state index in [4.69, 9.17) is 11.6 Å². The molecule has 2 amide bonds. The Labute approximate surface area is 172 Å². The van der Waals surface area contributed by atoms with Crippen LogP contribution in [-0.4, -0.2) is 28.8 Å². The number of carbonyl (C=O) groups is 2. The molecule has 2 rings (SSSR count). The van der Waals surface area contributed by atoms with Crippen LogP contribution >= 0.6 is 11.6 Å². The third-order valence-corrected chi connectivity index (χ3v) is 5.24. The summed E-state index contributed by atoms with van der Waals surface area (Å²) >= 11 is 6.33. The molecule has 0 saturated heterocycles. The van der Waals surface area contributed by atoms with Crippen LogP contribution in [0, 0.1) is 0 Å². The van der Waals surface area contributed by atoms with Gasteiger partial charge < -0.3 is 10.2 Å². The largest absolute Gasteiger partial charge is 0.352 e. The lowest BCUT2D eigenvalue weighted by atomic mass is 10.0. The van der Waals surface area contributed by atoms with Crippen LogP contribution in [0.25, 0.3) is 0 Å². The zero-order chi connectivity index (χ0) is 20.5. The summed E-state index contributed by atoms with van der Waals surface area (Å²) in [6.45, 7) is 6.11. The second kappa shape index (κ2) is 10.9. The number of benzene rings is 2. The van der Waals surface area contributed by atoms with Gasteiger partial charge in [-0.25, -0.2) is 0 Å². The van der Waals surface area contributed by atoms with E-state index in [2.05, 4.69) is 5.32 Å². The van der Waals surface area contributed by atoms with E-state index in [0.717, 1.165) is 17.5 Å². The molecular formula is C23H29ClN2O2. The second-order valence-electron chi connectivity index (χ2n) is 6.99. The number of rotatable bonds is 9. The number of nitrogens with one attached hydrogen (secondary N) is 1. The van der Waals surface area contributed by atoms with Crippen LogP contribution < -0.4 is 5.32 Å². The molecule has 28 heavy (non-hydrogen) atoms. The molecule has 0 aliphatic carbocycles. The van der Waals surface area contributed by atoms with E-state index in [1.54, 1.807) is 11.0 Å². The summed E-state index contributed by atoms with van der Waals surface area (Å²) in [5, 5.41) is 3.64. The third-order valence-electron chi connectivity index (χ3n) is 4.87. The summed E-state index contributed by atoms with van der Waals surface area (Å²) in [4.78, 5) is 27.6. The fraction of sp³-hybridized carbons (Fsp3) is 0.391. The Hall–Kier alpha value is -2.33. The molecule has 150 valence electrons. The molecule has 0 saturated carbocycles. The van der Waals surface area contributed by atoms with Crippen molar-refractivity contribution in [2.24, 2.45) is 0 Å². The summed E-state index contributed by atoms with van der Waals surface area (Å²) in [5.74, 6) is -0.202. The molecule has 1 N–H and O–H groups in total. The van der Waals surface area contributed by atoms with Crippen LogP contribution in [-0.2, 0) is 22.6 Å². The third kappa shape index (κ3) is 6.10. The minimum Gasteiger partial charge on any atom is -0.352 e. The number of hydrogen-bond acceptors (Lipinski definition) is 2. The van der Waals surface area contributed by atoms with Crippen LogP contribution in [0.5, 0.6) is 0 Å². The Morgan fingerprint density at radius 3 is 2.29 bits per heavy atom. The molecule has 0 aliphatic heterocycles. The predicted molar refractivity (Wildman–Crippen MR) is 114 cm³/mol. The highest BCUT2D eigenvalue weighted by Crippen LogP contribution is 2.21. The van der Waals surface area contributed by atoms with E-state index >= 15 is 0 Å². The van der Waals surface area contributed by atoms with Gasteiger partial charge in [0.25, 0.3) is 0 Å². The van der Waals surface area contributed by atoms with Gasteiger partial charge in [-0.1, -0.05) is 74.0 Å². The van der Waals surface area contributed by atoms with Crippen molar-refractivity contribution < 1.29 is 9.59 Å². The Morgan fingerprint density at radius 1 is 1.04 bits per heavy atom. The number of amides is 2. The van der Waals surface area contributed by atoms with Crippen molar-refractivity contribution >= 4 is 23.4 Å². The zero-order valence-corrected chi connectivity index (χ0v) is 17.6. The molecule has 0 fully saturated rings. The lowest BCUT2D eigenvalue weighted by Gasteiger charge is -2.32. The van der Waals surface area contributed by atoms with E-state index in [1.165, 1.54) is 0 Å². The fourth-order valence-corrected chi connectivity index (χ4v) is 3.20. The first-order chi connectivity index (χ1) is 13.5. The van der Waals surface area contributed by atoms with Crippen LogP contribution in [0.15, 0.2) is 54.6 Å². The maximum atomic E-state index is 13.1.